The van der Waals surface area contributed by atoms with Crippen LogP contribution in [0.4, 0.5) is 5.13 Å². The number of aryl methyl sites for hydroxylation is 2. The van der Waals surface area contributed by atoms with Gasteiger partial charge < -0.3 is 10.4 Å². The number of nitrogens with one attached hydrogen (secondary N) is 1. The molecular weight excluding hydrogens is 286 g/mol. The zero-order chi connectivity index (χ0) is 15.4. The number of carbonyl (C=O) groups excluding carboxylic acids is 1. The van der Waals surface area contributed by atoms with Crippen molar-refractivity contribution in [2.45, 2.75) is 58.6 Å². The standard InChI is InChI=1S/C15H25N3O2S/c1-4-12-11(3)21-15(16-12)17-14(20)9-18-8-6-5-7-13(18)10(2)19/h10,13,19H,4-9H2,1-3H3,(H,16,17,20). The van der Waals surface area contributed by atoms with Gasteiger partial charge in [-0.15, -0.1) is 11.3 Å². The van der Waals surface area contributed by atoms with E-state index < -0.39 is 6.10 Å². The van der Waals surface area contributed by atoms with Crippen molar-refractivity contribution in [1.29, 1.82) is 0 Å². The van der Waals surface area contributed by atoms with E-state index in [0.29, 0.717) is 11.7 Å². The topological polar surface area (TPSA) is 65.5 Å². The third kappa shape index (κ3) is 4.25. The Labute approximate surface area is 130 Å². The molecule has 0 bridgehead atoms. The fraction of sp³-hybridized carbons (Fsp3) is 0.733. The highest BCUT2D eigenvalue weighted by atomic mass is 32.1. The van der Waals surface area contributed by atoms with Crippen molar-refractivity contribution in [2.75, 3.05) is 18.4 Å². The Kier molecular flexibility index (Phi) is 5.72. The molecule has 2 N–H and O–H groups in total. The first-order chi connectivity index (χ1) is 10.0. The Morgan fingerprint density at radius 2 is 2.33 bits per heavy atom. The number of aliphatic hydroxyl groups is 1. The first kappa shape index (κ1) is 16.4. The molecule has 1 amide bonds. The van der Waals surface area contributed by atoms with Crippen molar-refractivity contribution >= 4 is 22.4 Å². The van der Waals surface area contributed by atoms with Gasteiger partial charge in [-0.05, 0) is 39.7 Å². The highest BCUT2D eigenvalue weighted by Crippen LogP contribution is 2.23. The second kappa shape index (κ2) is 7.33. The van der Waals surface area contributed by atoms with Crippen molar-refractivity contribution in [2.24, 2.45) is 0 Å². The average Bonchev–Trinajstić information content (AvgIpc) is 2.78. The van der Waals surface area contributed by atoms with Crippen LogP contribution in [0.25, 0.3) is 0 Å². The highest BCUT2D eigenvalue weighted by molar-refractivity contribution is 7.15. The molecule has 1 aromatic rings. The zero-order valence-electron chi connectivity index (χ0n) is 13.1. The number of aromatic nitrogens is 1. The number of hydrogen-bond donors (Lipinski definition) is 2. The molecule has 0 spiro atoms. The van der Waals surface area contributed by atoms with Crippen LogP contribution in [0.5, 0.6) is 0 Å². The van der Waals surface area contributed by atoms with Crippen LogP contribution in [-0.2, 0) is 11.2 Å². The number of amides is 1. The van der Waals surface area contributed by atoms with E-state index in [1.54, 1.807) is 6.92 Å². The number of nitrogens with zero attached hydrogens (tertiary/aromatic N) is 2. The van der Waals surface area contributed by atoms with Crippen LogP contribution in [0.2, 0.25) is 0 Å². The Hall–Kier alpha value is -0.980. The van der Waals surface area contributed by atoms with Gasteiger partial charge in [0.05, 0.1) is 18.3 Å². The number of carbonyl (C=O) groups is 1. The number of likely N-dealkylation sites (tertiary alicyclic amines) is 1. The van der Waals surface area contributed by atoms with Crippen molar-refractivity contribution in [3.63, 3.8) is 0 Å². The van der Waals surface area contributed by atoms with Crippen LogP contribution < -0.4 is 5.32 Å². The molecule has 0 aromatic carbocycles. The van der Waals surface area contributed by atoms with E-state index in [1.807, 2.05) is 6.92 Å². The molecule has 21 heavy (non-hydrogen) atoms. The number of piperidine rings is 1. The van der Waals surface area contributed by atoms with Crippen molar-refractivity contribution in [3.8, 4) is 0 Å². The second-order valence-corrected chi connectivity index (χ2v) is 6.90. The SMILES string of the molecule is CCc1nc(NC(=O)CN2CCCCC2C(C)O)sc1C. The molecule has 0 radical (unpaired) electrons. The second-order valence-electron chi connectivity index (χ2n) is 5.70. The first-order valence-electron chi connectivity index (χ1n) is 7.69. The maximum absolute atomic E-state index is 12.2. The Morgan fingerprint density at radius 1 is 1.57 bits per heavy atom. The number of anilines is 1. The van der Waals surface area contributed by atoms with Crippen molar-refractivity contribution < 1.29 is 9.90 Å². The zero-order valence-corrected chi connectivity index (χ0v) is 13.9. The molecule has 2 atom stereocenters. The maximum atomic E-state index is 12.2. The van der Waals surface area contributed by atoms with Gasteiger partial charge in [0.15, 0.2) is 5.13 Å². The summed E-state index contributed by atoms with van der Waals surface area (Å²) in [7, 11) is 0. The molecule has 1 aliphatic rings. The predicted octanol–water partition coefficient (Wildman–Crippen LogP) is 2.19. The van der Waals surface area contributed by atoms with E-state index in [2.05, 4.69) is 22.1 Å². The van der Waals surface area contributed by atoms with Crippen molar-refractivity contribution in [3.05, 3.63) is 10.6 Å². The highest BCUT2D eigenvalue weighted by Gasteiger charge is 2.27. The summed E-state index contributed by atoms with van der Waals surface area (Å²) in [6, 6.07) is 0.0914. The van der Waals surface area contributed by atoms with Gasteiger partial charge in [0.25, 0.3) is 0 Å². The van der Waals surface area contributed by atoms with Crippen LogP contribution in [-0.4, -0.2) is 46.1 Å². The minimum absolute atomic E-state index is 0.0426. The molecule has 2 rings (SSSR count). The quantitative estimate of drug-likeness (QED) is 0.875. The van der Waals surface area contributed by atoms with Crippen LogP contribution in [0, 0.1) is 6.92 Å². The molecule has 5 nitrogen and oxygen atoms in total. The molecule has 2 unspecified atom stereocenters. The van der Waals surface area contributed by atoms with E-state index in [1.165, 1.54) is 11.3 Å². The molecule has 1 fully saturated rings. The maximum Gasteiger partial charge on any atom is 0.240 e. The summed E-state index contributed by atoms with van der Waals surface area (Å²) < 4.78 is 0. The summed E-state index contributed by atoms with van der Waals surface area (Å²) in [6.45, 7) is 7.10. The normalized spacial score (nSPS) is 21.2. The summed E-state index contributed by atoms with van der Waals surface area (Å²) in [5.41, 5.74) is 1.05. The molecule has 1 saturated heterocycles. The average molecular weight is 311 g/mol. The Bertz CT molecular complexity index is 487. The van der Waals surface area contributed by atoms with Gasteiger partial charge in [0.1, 0.15) is 0 Å². The molecule has 2 heterocycles. The fourth-order valence-corrected chi connectivity index (χ4v) is 3.83. The number of rotatable bonds is 5. The minimum Gasteiger partial charge on any atom is -0.392 e. The van der Waals surface area contributed by atoms with E-state index >= 15 is 0 Å². The number of thiazole rings is 1. The summed E-state index contributed by atoms with van der Waals surface area (Å²) in [4.78, 5) is 19.9. The molecule has 0 aliphatic carbocycles. The fourth-order valence-electron chi connectivity index (χ4n) is 2.91. The Morgan fingerprint density at radius 3 is 2.95 bits per heavy atom. The van der Waals surface area contributed by atoms with Gasteiger partial charge in [0, 0.05) is 10.9 Å². The largest absolute Gasteiger partial charge is 0.392 e. The molecule has 1 aliphatic heterocycles. The number of hydrogen-bond acceptors (Lipinski definition) is 5. The third-order valence-electron chi connectivity index (χ3n) is 4.04. The lowest BCUT2D eigenvalue weighted by Gasteiger charge is -2.36. The number of aliphatic hydroxyl groups excluding tert-OH is 1. The van der Waals surface area contributed by atoms with Crippen LogP contribution in [0.3, 0.4) is 0 Å². The lowest BCUT2D eigenvalue weighted by atomic mass is 9.98. The van der Waals surface area contributed by atoms with E-state index in [-0.39, 0.29) is 11.9 Å². The van der Waals surface area contributed by atoms with E-state index in [0.717, 1.165) is 42.8 Å². The first-order valence-corrected chi connectivity index (χ1v) is 8.51. The molecule has 6 heteroatoms. The minimum atomic E-state index is -0.396. The summed E-state index contributed by atoms with van der Waals surface area (Å²) in [5, 5.41) is 13.4. The summed E-state index contributed by atoms with van der Waals surface area (Å²) in [5.74, 6) is -0.0426. The van der Waals surface area contributed by atoms with Gasteiger partial charge >= 0.3 is 0 Å². The monoisotopic (exact) mass is 311 g/mol. The molecular formula is C15H25N3O2S. The molecule has 118 valence electrons. The van der Waals surface area contributed by atoms with E-state index in [9.17, 15) is 9.90 Å². The van der Waals surface area contributed by atoms with Crippen LogP contribution >= 0.6 is 11.3 Å². The molecule has 0 saturated carbocycles. The van der Waals surface area contributed by atoms with E-state index in [4.69, 9.17) is 0 Å². The van der Waals surface area contributed by atoms with Gasteiger partial charge in [-0.2, -0.15) is 0 Å². The van der Waals surface area contributed by atoms with Gasteiger partial charge in [0.2, 0.25) is 5.91 Å². The summed E-state index contributed by atoms with van der Waals surface area (Å²) >= 11 is 1.53. The van der Waals surface area contributed by atoms with Gasteiger partial charge in [-0.3, -0.25) is 9.69 Å². The van der Waals surface area contributed by atoms with Gasteiger partial charge in [-0.25, -0.2) is 4.98 Å². The molecule has 1 aromatic heterocycles. The predicted molar refractivity (Wildman–Crippen MR) is 85.8 cm³/mol. The van der Waals surface area contributed by atoms with Gasteiger partial charge in [-0.1, -0.05) is 13.3 Å². The smallest absolute Gasteiger partial charge is 0.240 e. The van der Waals surface area contributed by atoms with Crippen LogP contribution in [0.1, 0.15) is 43.7 Å². The van der Waals surface area contributed by atoms with Crippen LogP contribution in [0.15, 0.2) is 0 Å². The lowest BCUT2D eigenvalue weighted by Crippen LogP contribution is -2.48. The third-order valence-corrected chi connectivity index (χ3v) is 4.97. The van der Waals surface area contributed by atoms with Crippen molar-refractivity contribution in [1.82, 2.24) is 9.88 Å². The lowest BCUT2D eigenvalue weighted by molar-refractivity contribution is -0.118. The Balaban J connectivity index is 1.93. The summed E-state index contributed by atoms with van der Waals surface area (Å²) in [6.07, 6.45) is 3.66.